The minimum Gasteiger partial charge on any atom is -0.377 e. The van der Waals surface area contributed by atoms with Gasteiger partial charge in [-0.05, 0) is 27.7 Å². The van der Waals surface area contributed by atoms with Gasteiger partial charge in [-0.15, -0.1) is 0 Å². The van der Waals surface area contributed by atoms with Gasteiger partial charge in [0.1, 0.15) is 12.2 Å². The van der Waals surface area contributed by atoms with E-state index in [0.717, 1.165) is 0 Å². The third-order valence-corrected chi connectivity index (χ3v) is 3.49. The summed E-state index contributed by atoms with van der Waals surface area (Å²) in [6.07, 6.45) is 0.0115. The van der Waals surface area contributed by atoms with Crippen LogP contribution in [0.1, 0.15) is 27.7 Å². The molecule has 0 aromatic carbocycles. The normalized spacial score (nSPS) is 29.2. The summed E-state index contributed by atoms with van der Waals surface area (Å²) in [5.41, 5.74) is 0. The number of hydrogen-bond acceptors (Lipinski definition) is 7. The SMILES string of the molecule is CC1(C)OC[C@@H](COCCOCCOC[C@@H]2COC(C)(C)O2)O1. The fraction of sp³-hybridized carbons (Fsp3) is 1.00. The van der Waals surface area contributed by atoms with E-state index < -0.39 is 11.6 Å². The maximum atomic E-state index is 5.64. The van der Waals surface area contributed by atoms with Crippen LogP contribution in [0.25, 0.3) is 0 Å². The Labute approximate surface area is 138 Å². The Morgan fingerprint density at radius 3 is 1.43 bits per heavy atom. The largest absolute Gasteiger partial charge is 0.377 e. The maximum Gasteiger partial charge on any atom is 0.163 e. The number of rotatable bonds is 10. The lowest BCUT2D eigenvalue weighted by molar-refractivity contribution is -0.146. The summed E-state index contributed by atoms with van der Waals surface area (Å²) in [5.74, 6) is -0.990. The molecule has 0 aliphatic carbocycles. The predicted molar refractivity (Wildman–Crippen MR) is 82.3 cm³/mol. The molecule has 0 unspecified atom stereocenters. The molecule has 0 amide bonds. The summed E-state index contributed by atoms with van der Waals surface area (Å²) >= 11 is 0. The lowest BCUT2D eigenvalue weighted by Crippen LogP contribution is -2.25. The van der Waals surface area contributed by atoms with Crippen LogP contribution in [0, 0.1) is 0 Å². The van der Waals surface area contributed by atoms with Gasteiger partial charge in [0, 0.05) is 0 Å². The van der Waals surface area contributed by atoms with Crippen molar-refractivity contribution in [3.05, 3.63) is 0 Å². The van der Waals surface area contributed by atoms with Crippen LogP contribution in [0.15, 0.2) is 0 Å². The lowest BCUT2D eigenvalue weighted by atomic mass is 10.4. The van der Waals surface area contributed by atoms with Gasteiger partial charge in [0.2, 0.25) is 0 Å². The minimum absolute atomic E-state index is 0.00575. The highest BCUT2D eigenvalue weighted by Crippen LogP contribution is 2.22. The highest BCUT2D eigenvalue weighted by Gasteiger charge is 2.33. The smallest absolute Gasteiger partial charge is 0.163 e. The van der Waals surface area contributed by atoms with Crippen LogP contribution in [0.4, 0.5) is 0 Å². The summed E-state index contributed by atoms with van der Waals surface area (Å²) in [5, 5.41) is 0. The molecule has 0 saturated carbocycles. The van der Waals surface area contributed by atoms with Crippen LogP contribution in [0.2, 0.25) is 0 Å². The number of ether oxygens (including phenoxy) is 7. The Hall–Kier alpha value is -0.280. The van der Waals surface area contributed by atoms with Gasteiger partial charge in [0.05, 0.1) is 52.9 Å². The molecule has 0 aromatic heterocycles. The van der Waals surface area contributed by atoms with E-state index in [4.69, 9.17) is 33.2 Å². The van der Waals surface area contributed by atoms with E-state index in [1.165, 1.54) is 0 Å². The summed E-state index contributed by atoms with van der Waals surface area (Å²) in [6.45, 7) is 12.0. The molecular weight excluding hydrogens is 304 g/mol. The van der Waals surface area contributed by atoms with E-state index in [0.29, 0.717) is 52.9 Å². The van der Waals surface area contributed by atoms with Crippen molar-refractivity contribution in [2.24, 2.45) is 0 Å². The van der Waals surface area contributed by atoms with Gasteiger partial charge in [-0.25, -0.2) is 0 Å². The van der Waals surface area contributed by atoms with Crippen molar-refractivity contribution in [1.29, 1.82) is 0 Å². The molecule has 2 fully saturated rings. The minimum atomic E-state index is -0.495. The molecule has 0 bridgehead atoms. The molecule has 23 heavy (non-hydrogen) atoms. The van der Waals surface area contributed by atoms with E-state index >= 15 is 0 Å². The van der Waals surface area contributed by atoms with E-state index in [2.05, 4.69) is 0 Å². The number of hydrogen-bond donors (Lipinski definition) is 0. The second-order valence-electron chi connectivity index (χ2n) is 6.66. The zero-order valence-electron chi connectivity index (χ0n) is 14.7. The molecule has 2 aliphatic heterocycles. The molecular formula is C16H30O7. The highest BCUT2D eigenvalue weighted by molar-refractivity contribution is 4.70. The Kier molecular flexibility index (Phi) is 7.21. The average molecular weight is 334 g/mol. The first-order chi connectivity index (χ1) is 10.9. The second-order valence-corrected chi connectivity index (χ2v) is 6.66. The average Bonchev–Trinajstić information content (AvgIpc) is 2.99. The first kappa shape index (κ1) is 19.1. The Bertz CT molecular complexity index is 313. The van der Waals surface area contributed by atoms with E-state index in [-0.39, 0.29) is 12.2 Å². The fourth-order valence-corrected chi connectivity index (χ4v) is 2.46. The van der Waals surface area contributed by atoms with Gasteiger partial charge >= 0.3 is 0 Å². The quantitative estimate of drug-likeness (QED) is 0.559. The van der Waals surface area contributed by atoms with Crippen LogP contribution >= 0.6 is 0 Å². The van der Waals surface area contributed by atoms with Crippen molar-refractivity contribution in [3.8, 4) is 0 Å². The molecule has 0 spiro atoms. The maximum absolute atomic E-state index is 5.64. The molecule has 2 rings (SSSR count). The Morgan fingerprint density at radius 1 is 0.696 bits per heavy atom. The summed E-state index contributed by atoms with van der Waals surface area (Å²) < 4.78 is 38.7. The lowest BCUT2D eigenvalue weighted by Gasteiger charge is -2.17. The topological polar surface area (TPSA) is 64.6 Å². The van der Waals surface area contributed by atoms with Crippen LogP contribution in [0.3, 0.4) is 0 Å². The molecule has 0 aromatic rings. The van der Waals surface area contributed by atoms with Gasteiger partial charge in [0.15, 0.2) is 11.6 Å². The van der Waals surface area contributed by atoms with Gasteiger partial charge in [-0.3, -0.25) is 0 Å². The van der Waals surface area contributed by atoms with Gasteiger partial charge in [-0.1, -0.05) is 0 Å². The molecule has 2 atom stereocenters. The third-order valence-electron chi connectivity index (χ3n) is 3.49. The molecule has 7 heteroatoms. The van der Waals surface area contributed by atoms with E-state index in [9.17, 15) is 0 Å². The Morgan fingerprint density at radius 2 is 1.09 bits per heavy atom. The van der Waals surface area contributed by atoms with Crippen LogP contribution in [-0.2, 0) is 33.2 Å². The summed E-state index contributed by atoms with van der Waals surface area (Å²) in [6, 6.07) is 0. The second kappa shape index (κ2) is 8.71. The molecule has 2 heterocycles. The van der Waals surface area contributed by atoms with Gasteiger partial charge in [-0.2, -0.15) is 0 Å². The third kappa shape index (κ3) is 7.43. The highest BCUT2D eigenvalue weighted by atomic mass is 16.8. The van der Waals surface area contributed by atoms with Crippen LogP contribution in [-0.4, -0.2) is 76.6 Å². The monoisotopic (exact) mass is 334 g/mol. The van der Waals surface area contributed by atoms with E-state index in [1.807, 2.05) is 27.7 Å². The van der Waals surface area contributed by atoms with Crippen molar-refractivity contribution in [1.82, 2.24) is 0 Å². The summed E-state index contributed by atoms with van der Waals surface area (Å²) in [7, 11) is 0. The Balaban J connectivity index is 1.35. The molecule has 2 saturated heterocycles. The van der Waals surface area contributed by atoms with Crippen LogP contribution < -0.4 is 0 Å². The summed E-state index contributed by atoms with van der Waals surface area (Å²) in [4.78, 5) is 0. The molecule has 136 valence electrons. The van der Waals surface area contributed by atoms with Crippen molar-refractivity contribution in [2.75, 3.05) is 52.9 Å². The zero-order valence-corrected chi connectivity index (χ0v) is 14.7. The molecule has 2 aliphatic rings. The predicted octanol–water partition coefficient (Wildman–Crippen LogP) is 1.34. The van der Waals surface area contributed by atoms with Crippen molar-refractivity contribution in [2.45, 2.75) is 51.5 Å². The van der Waals surface area contributed by atoms with Crippen molar-refractivity contribution >= 4 is 0 Å². The van der Waals surface area contributed by atoms with Crippen molar-refractivity contribution < 1.29 is 33.2 Å². The molecule has 0 N–H and O–H groups in total. The zero-order chi connectivity index (χ0) is 16.8. The first-order valence-electron chi connectivity index (χ1n) is 8.23. The molecule has 7 nitrogen and oxygen atoms in total. The van der Waals surface area contributed by atoms with Crippen LogP contribution in [0.5, 0.6) is 0 Å². The standard InChI is InChI=1S/C16H30O7/c1-15(2)20-11-13(22-15)9-18-7-5-17-6-8-19-10-14-12-21-16(3,4)23-14/h13-14H,5-12H2,1-4H3/t13-,14-/m1/s1. The van der Waals surface area contributed by atoms with Gasteiger partial charge < -0.3 is 33.2 Å². The van der Waals surface area contributed by atoms with E-state index in [1.54, 1.807) is 0 Å². The fourth-order valence-electron chi connectivity index (χ4n) is 2.46. The molecule has 0 radical (unpaired) electrons. The van der Waals surface area contributed by atoms with Crippen molar-refractivity contribution in [3.63, 3.8) is 0 Å². The van der Waals surface area contributed by atoms with Gasteiger partial charge in [0.25, 0.3) is 0 Å². The first-order valence-corrected chi connectivity index (χ1v) is 8.23.